The van der Waals surface area contributed by atoms with Gasteiger partial charge in [0, 0.05) is 11.5 Å². The van der Waals surface area contributed by atoms with E-state index in [-0.39, 0.29) is 0 Å². The largest absolute Gasteiger partial charge is 0.501 e. The molecule has 5 nitrogen and oxygen atoms in total. The molecule has 1 aromatic heterocycles. The smallest absolute Gasteiger partial charge is 0.406 e. The Balaban J connectivity index is 2.77. The molecule has 0 aliphatic heterocycles. The van der Waals surface area contributed by atoms with Crippen LogP contribution in [0.5, 0.6) is 5.75 Å². The van der Waals surface area contributed by atoms with Gasteiger partial charge in [-0.3, -0.25) is 0 Å². The molecule has 0 atom stereocenters. The summed E-state index contributed by atoms with van der Waals surface area (Å²) < 4.78 is 0. The number of benzene rings is 1. The predicted octanol–water partition coefficient (Wildman–Crippen LogP) is 1.85. The summed E-state index contributed by atoms with van der Waals surface area (Å²) in [4.78, 5) is 13.5. The van der Waals surface area contributed by atoms with Crippen molar-refractivity contribution < 1.29 is 10.0 Å². The van der Waals surface area contributed by atoms with Gasteiger partial charge in [0.25, 0.3) is 0 Å². The Hall–Kier alpha value is -2.17. The lowest BCUT2D eigenvalue weighted by Gasteiger charge is -1.97. The number of hydrogen-bond donors (Lipinski definition) is 1. The van der Waals surface area contributed by atoms with Gasteiger partial charge in [0.2, 0.25) is 5.75 Å². The molecule has 0 saturated heterocycles. The summed E-state index contributed by atoms with van der Waals surface area (Å²) in [6.45, 7) is 0. The topological polar surface area (TPSA) is 76.3 Å². The Kier molecular flexibility index (Phi) is 1.78. The fourth-order valence-corrected chi connectivity index (χ4v) is 1.23. The van der Waals surface area contributed by atoms with Crippen LogP contribution >= 0.6 is 0 Å². The van der Waals surface area contributed by atoms with Crippen molar-refractivity contribution in [2.45, 2.75) is 0 Å². The second-order valence-corrected chi connectivity index (χ2v) is 2.78. The van der Waals surface area contributed by atoms with Gasteiger partial charge in [0.1, 0.15) is 0 Å². The van der Waals surface area contributed by atoms with Crippen molar-refractivity contribution in [2.24, 2.45) is 0 Å². The van der Waals surface area contributed by atoms with Gasteiger partial charge < -0.3 is 15.2 Å². The average Bonchev–Trinajstić information content (AvgIpc) is 2.16. The minimum Gasteiger partial charge on any atom is -0.501 e. The predicted molar refractivity (Wildman–Crippen MR) is 50.1 cm³/mol. The summed E-state index contributed by atoms with van der Waals surface area (Å²) in [7, 11) is 0. The second-order valence-electron chi connectivity index (χ2n) is 2.78. The summed E-state index contributed by atoms with van der Waals surface area (Å²) in [5.41, 5.74) is 0.497. The van der Waals surface area contributed by atoms with Crippen LogP contribution in [0.2, 0.25) is 0 Å². The van der Waals surface area contributed by atoms with E-state index in [0.29, 0.717) is 10.9 Å². The number of nitro groups is 1. The number of aromatic hydroxyl groups is 1. The summed E-state index contributed by atoms with van der Waals surface area (Å²) in [6.07, 6.45) is 0. The van der Waals surface area contributed by atoms with Crippen molar-refractivity contribution in [3.8, 4) is 5.75 Å². The standard InChI is InChI=1S/C9H6N2O3/c12-8-5-6-3-1-2-4-7(6)10-9(8)11(13)14/h1-5,12H. The normalized spacial score (nSPS) is 10.3. The van der Waals surface area contributed by atoms with Crippen LogP contribution in [0.1, 0.15) is 0 Å². The zero-order valence-electron chi connectivity index (χ0n) is 7.04. The molecule has 1 heterocycles. The SMILES string of the molecule is O=[N+]([O-])c1nc2ccccc2cc1O. The lowest BCUT2D eigenvalue weighted by atomic mass is 10.2. The highest BCUT2D eigenvalue weighted by Gasteiger charge is 2.16. The number of rotatable bonds is 1. The van der Waals surface area contributed by atoms with Gasteiger partial charge >= 0.3 is 5.82 Å². The van der Waals surface area contributed by atoms with E-state index in [2.05, 4.69) is 4.98 Å². The molecule has 0 bridgehead atoms. The van der Waals surface area contributed by atoms with Crippen molar-refractivity contribution in [3.63, 3.8) is 0 Å². The molecule has 70 valence electrons. The van der Waals surface area contributed by atoms with Gasteiger partial charge in [-0.2, -0.15) is 0 Å². The first-order valence-corrected chi connectivity index (χ1v) is 3.91. The van der Waals surface area contributed by atoms with Gasteiger partial charge in [0.15, 0.2) is 5.52 Å². The Morgan fingerprint density at radius 3 is 2.79 bits per heavy atom. The molecule has 0 unspecified atom stereocenters. The molecule has 0 radical (unpaired) electrons. The summed E-state index contributed by atoms with van der Waals surface area (Å²) in [5.74, 6) is -0.919. The average molecular weight is 190 g/mol. The molecule has 0 spiro atoms. The van der Waals surface area contributed by atoms with Crippen molar-refractivity contribution >= 4 is 16.7 Å². The van der Waals surface area contributed by atoms with Crippen molar-refractivity contribution in [1.82, 2.24) is 4.98 Å². The Labute approximate surface area is 78.8 Å². The molecule has 1 aromatic carbocycles. The van der Waals surface area contributed by atoms with E-state index in [0.717, 1.165) is 0 Å². The fourth-order valence-electron chi connectivity index (χ4n) is 1.23. The Morgan fingerprint density at radius 1 is 1.36 bits per heavy atom. The van der Waals surface area contributed by atoms with E-state index >= 15 is 0 Å². The van der Waals surface area contributed by atoms with Crippen molar-refractivity contribution in [1.29, 1.82) is 0 Å². The molecule has 2 aromatic rings. The second kappa shape index (κ2) is 2.95. The summed E-state index contributed by atoms with van der Waals surface area (Å²) in [6, 6.07) is 8.22. The first-order valence-electron chi connectivity index (χ1n) is 3.91. The van der Waals surface area contributed by atoms with E-state index in [1.165, 1.54) is 6.07 Å². The maximum atomic E-state index is 10.4. The quantitative estimate of drug-likeness (QED) is 0.549. The number of fused-ring (bicyclic) bond motifs is 1. The first-order chi connectivity index (χ1) is 6.68. The van der Waals surface area contributed by atoms with Crippen LogP contribution < -0.4 is 0 Å². The molecular formula is C9H6N2O3. The highest BCUT2D eigenvalue weighted by atomic mass is 16.6. The van der Waals surface area contributed by atoms with Crippen LogP contribution in [-0.4, -0.2) is 15.0 Å². The number of aromatic nitrogens is 1. The third-order valence-electron chi connectivity index (χ3n) is 1.86. The third-order valence-corrected chi connectivity index (χ3v) is 1.86. The summed E-state index contributed by atoms with van der Waals surface area (Å²) in [5, 5.41) is 20.4. The zero-order chi connectivity index (χ0) is 10.1. The van der Waals surface area contributed by atoms with Crippen LogP contribution in [0, 0.1) is 10.1 Å². The van der Waals surface area contributed by atoms with Gasteiger partial charge in [-0.25, -0.2) is 0 Å². The van der Waals surface area contributed by atoms with E-state index in [9.17, 15) is 15.2 Å². The highest BCUT2D eigenvalue weighted by Crippen LogP contribution is 2.26. The minimum absolute atomic E-state index is 0.409. The van der Waals surface area contributed by atoms with Crippen LogP contribution in [-0.2, 0) is 0 Å². The third kappa shape index (κ3) is 1.24. The highest BCUT2D eigenvalue weighted by molar-refractivity contribution is 5.81. The van der Waals surface area contributed by atoms with Gasteiger partial charge in [-0.1, -0.05) is 18.2 Å². The monoisotopic (exact) mass is 190 g/mol. The van der Waals surface area contributed by atoms with E-state index < -0.39 is 16.5 Å². The van der Waals surface area contributed by atoms with Crippen molar-refractivity contribution in [2.75, 3.05) is 0 Å². The number of pyridine rings is 1. The van der Waals surface area contributed by atoms with Gasteiger partial charge in [-0.05, 0) is 16.0 Å². The minimum atomic E-state index is -0.707. The molecule has 0 amide bonds. The van der Waals surface area contributed by atoms with Crippen molar-refractivity contribution in [3.05, 3.63) is 40.4 Å². The summed E-state index contributed by atoms with van der Waals surface area (Å²) >= 11 is 0. The molecule has 2 rings (SSSR count). The van der Waals surface area contributed by atoms with Gasteiger partial charge in [-0.15, -0.1) is 0 Å². The molecule has 1 N–H and O–H groups in total. The molecule has 5 heteroatoms. The van der Waals surface area contributed by atoms with Crippen LogP contribution in [0.3, 0.4) is 0 Å². The maximum Gasteiger partial charge on any atom is 0.406 e. The van der Waals surface area contributed by atoms with Crippen LogP contribution in [0.25, 0.3) is 10.9 Å². The fraction of sp³-hybridized carbons (Fsp3) is 0. The zero-order valence-corrected chi connectivity index (χ0v) is 7.04. The molecular weight excluding hydrogens is 184 g/mol. The molecule has 0 fully saturated rings. The number of para-hydroxylation sites is 1. The lowest BCUT2D eigenvalue weighted by Crippen LogP contribution is -1.92. The van der Waals surface area contributed by atoms with Gasteiger partial charge in [0.05, 0.1) is 0 Å². The van der Waals surface area contributed by atoms with E-state index in [1.807, 2.05) is 0 Å². The van der Waals surface area contributed by atoms with Crippen LogP contribution in [0.15, 0.2) is 30.3 Å². The molecule has 14 heavy (non-hydrogen) atoms. The van der Waals surface area contributed by atoms with E-state index in [1.54, 1.807) is 24.3 Å². The molecule has 0 aliphatic carbocycles. The first kappa shape index (κ1) is 8.43. The Bertz CT molecular complexity index is 510. The van der Waals surface area contributed by atoms with E-state index in [4.69, 9.17) is 0 Å². The Morgan fingerprint density at radius 2 is 2.07 bits per heavy atom. The lowest BCUT2D eigenvalue weighted by molar-refractivity contribution is -0.390. The number of hydrogen-bond acceptors (Lipinski definition) is 4. The number of nitrogens with zero attached hydrogens (tertiary/aromatic N) is 2. The maximum absolute atomic E-state index is 10.4. The molecule has 0 saturated carbocycles. The molecule has 0 aliphatic rings. The van der Waals surface area contributed by atoms with Crippen LogP contribution in [0.4, 0.5) is 5.82 Å².